The van der Waals surface area contributed by atoms with E-state index in [1.165, 1.54) is 6.92 Å². The molecule has 6 nitrogen and oxygen atoms in total. The average molecular weight is 322 g/mol. The standard InChI is InChI=1S/C12H18O6S2/c1-10(19(13,14)15)9-12(20(16,17)18)8-7-11-5-3-2-4-6-11/h2-6,10,12H,7-9H2,1H3,(H,13,14,15)(H,16,17,18). The van der Waals surface area contributed by atoms with Crippen LogP contribution in [-0.4, -0.2) is 36.4 Å². The quantitative estimate of drug-likeness (QED) is 0.737. The summed E-state index contributed by atoms with van der Waals surface area (Å²) in [6.45, 7) is 1.20. The first-order chi connectivity index (χ1) is 9.10. The van der Waals surface area contributed by atoms with E-state index in [1.54, 1.807) is 12.1 Å². The molecule has 0 saturated carbocycles. The van der Waals surface area contributed by atoms with Gasteiger partial charge in [-0.2, -0.15) is 16.8 Å². The smallest absolute Gasteiger partial charge is 0.267 e. The van der Waals surface area contributed by atoms with Gasteiger partial charge in [0.1, 0.15) is 0 Å². The number of rotatable bonds is 7. The van der Waals surface area contributed by atoms with Crippen LogP contribution in [0.4, 0.5) is 0 Å². The molecule has 2 atom stereocenters. The Bertz CT molecular complexity index is 621. The van der Waals surface area contributed by atoms with E-state index in [0.29, 0.717) is 6.42 Å². The van der Waals surface area contributed by atoms with Gasteiger partial charge >= 0.3 is 0 Å². The lowest BCUT2D eigenvalue weighted by Crippen LogP contribution is -2.29. The van der Waals surface area contributed by atoms with Crippen LogP contribution in [0.1, 0.15) is 25.3 Å². The van der Waals surface area contributed by atoms with Crippen molar-refractivity contribution in [2.45, 2.75) is 36.7 Å². The molecule has 2 N–H and O–H groups in total. The maximum absolute atomic E-state index is 11.3. The summed E-state index contributed by atoms with van der Waals surface area (Å²) in [4.78, 5) is 0. The van der Waals surface area contributed by atoms with E-state index in [-0.39, 0.29) is 12.8 Å². The molecule has 1 aromatic carbocycles. The Morgan fingerprint density at radius 1 is 1.00 bits per heavy atom. The molecule has 1 aromatic rings. The molecule has 0 spiro atoms. The lowest BCUT2D eigenvalue weighted by Gasteiger charge is -2.16. The van der Waals surface area contributed by atoms with E-state index in [0.717, 1.165) is 5.56 Å². The third-order valence-electron chi connectivity index (χ3n) is 3.12. The van der Waals surface area contributed by atoms with Gasteiger partial charge in [0.2, 0.25) is 0 Å². The van der Waals surface area contributed by atoms with Gasteiger partial charge in [-0.3, -0.25) is 9.11 Å². The number of benzene rings is 1. The highest BCUT2D eigenvalue weighted by atomic mass is 32.2. The summed E-state index contributed by atoms with van der Waals surface area (Å²) in [5.74, 6) is 0. The Hall–Kier alpha value is -0.960. The predicted octanol–water partition coefficient (Wildman–Crippen LogP) is 1.54. The predicted molar refractivity (Wildman–Crippen MR) is 75.7 cm³/mol. The zero-order chi connectivity index (χ0) is 15.4. The van der Waals surface area contributed by atoms with Crippen molar-refractivity contribution in [2.24, 2.45) is 0 Å². The molecule has 0 aliphatic carbocycles. The van der Waals surface area contributed by atoms with Crippen molar-refractivity contribution in [1.29, 1.82) is 0 Å². The SMILES string of the molecule is CC(CC(CCc1ccccc1)S(=O)(=O)O)S(=O)(=O)O. The summed E-state index contributed by atoms with van der Waals surface area (Å²) < 4.78 is 62.5. The molecule has 8 heteroatoms. The summed E-state index contributed by atoms with van der Waals surface area (Å²) in [6, 6.07) is 9.06. The summed E-state index contributed by atoms with van der Waals surface area (Å²) in [5.41, 5.74) is 0.889. The molecule has 20 heavy (non-hydrogen) atoms. The molecule has 0 heterocycles. The molecule has 0 aliphatic rings. The van der Waals surface area contributed by atoms with Gasteiger partial charge in [0.15, 0.2) is 0 Å². The Morgan fingerprint density at radius 3 is 2.00 bits per heavy atom. The van der Waals surface area contributed by atoms with Crippen molar-refractivity contribution >= 4 is 20.2 Å². The minimum absolute atomic E-state index is 0.0860. The lowest BCUT2D eigenvalue weighted by molar-refractivity contribution is 0.443. The molecule has 2 unspecified atom stereocenters. The fourth-order valence-electron chi connectivity index (χ4n) is 1.85. The van der Waals surface area contributed by atoms with E-state index in [9.17, 15) is 16.8 Å². The van der Waals surface area contributed by atoms with Crippen LogP contribution in [0, 0.1) is 0 Å². The van der Waals surface area contributed by atoms with Crippen molar-refractivity contribution < 1.29 is 25.9 Å². The fourth-order valence-corrected chi connectivity index (χ4v) is 3.40. The lowest BCUT2D eigenvalue weighted by atomic mass is 10.1. The van der Waals surface area contributed by atoms with Gasteiger partial charge in [-0.15, -0.1) is 0 Å². The highest BCUT2D eigenvalue weighted by Crippen LogP contribution is 2.18. The Kier molecular flexibility index (Phi) is 5.69. The first-order valence-corrected chi connectivity index (χ1v) is 9.08. The molecule has 0 aromatic heterocycles. The van der Waals surface area contributed by atoms with Gasteiger partial charge < -0.3 is 0 Å². The summed E-state index contributed by atoms with van der Waals surface area (Å²) >= 11 is 0. The van der Waals surface area contributed by atoms with Crippen LogP contribution in [0.3, 0.4) is 0 Å². The molecule has 0 radical (unpaired) electrons. The van der Waals surface area contributed by atoms with Crippen molar-refractivity contribution in [2.75, 3.05) is 0 Å². The fraction of sp³-hybridized carbons (Fsp3) is 0.500. The summed E-state index contributed by atoms with van der Waals surface area (Å²) in [6.07, 6.45) is 0.136. The molecule has 0 fully saturated rings. The molecule has 0 amide bonds. The maximum Gasteiger partial charge on any atom is 0.267 e. The minimum Gasteiger partial charge on any atom is -0.285 e. The Labute approximate surface area is 119 Å². The van der Waals surface area contributed by atoms with Gasteiger partial charge in [-0.1, -0.05) is 30.3 Å². The topological polar surface area (TPSA) is 109 Å². The van der Waals surface area contributed by atoms with Gasteiger partial charge in [-0.05, 0) is 31.7 Å². The average Bonchev–Trinajstić information content (AvgIpc) is 2.32. The largest absolute Gasteiger partial charge is 0.285 e. The molecular formula is C12H18O6S2. The van der Waals surface area contributed by atoms with Gasteiger partial charge in [0.25, 0.3) is 20.2 Å². The van der Waals surface area contributed by atoms with Crippen molar-refractivity contribution in [3.05, 3.63) is 35.9 Å². The molecular weight excluding hydrogens is 304 g/mol. The van der Waals surface area contributed by atoms with E-state index < -0.39 is 30.7 Å². The molecule has 0 bridgehead atoms. The van der Waals surface area contributed by atoms with Crippen LogP contribution in [0.5, 0.6) is 0 Å². The monoisotopic (exact) mass is 322 g/mol. The summed E-state index contributed by atoms with van der Waals surface area (Å²) in [7, 11) is -8.68. The van der Waals surface area contributed by atoms with E-state index >= 15 is 0 Å². The van der Waals surface area contributed by atoms with Crippen LogP contribution in [0.2, 0.25) is 0 Å². The molecule has 114 valence electrons. The zero-order valence-electron chi connectivity index (χ0n) is 11.0. The number of aryl methyl sites for hydroxylation is 1. The first kappa shape index (κ1) is 17.1. The second kappa shape index (κ2) is 6.66. The van der Waals surface area contributed by atoms with Gasteiger partial charge in [0.05, 0.1) is 10.5 Å². The minimum atomic E-state index is -4.37. The zero-order valence-corrected chi connectivity index (χ0v) is 12.6. The van der Waals surface area contributed by atoms with Crippen molar-refractivity contribution in [3.63, 3.8) is 0 Å². The van der Waals surface area contributed by atoms with Gasteiger partial charge in [0, 0.05) is 0 Å². The van der Waals surface area contributed by atoms with Crippen LogP contribution in [0.25, 0.3) is 0 Å². The van der Waals surface area contributed by atoms with Crippen LogP contribution < -0.4 is 0 Å². The van der Waals surface area contributed by atoms with E-state index in [2.05, 4.69) is 0 Å². The highest BCUT2D eigenvalue weighted by Gasteiger charge is 2.29. The van der Waals surface area contributed by atoms with Crippen LogP contribution in [0.15, 0.2) is 30.3 Å². The van der Waals surface area contributed by atoms with Crippen molar-refractivity contribution in [1.82, 2.24) is 0 Å². The maximum atomic E-state index is 11.3. The third-order valence-corrected chi connectivity index (χ3v) is 5.60. The second-order valence-electron chi connectivity index (χ2n) is 4.72. The first-order valence-electron chi connectivity index (χ1n) is 6.07. The number of hydrogen-bond donors (Lipinski definition) is 2. The van der Waals surface area contributed by atoms with E-state index in [1.807, 2.05) is 18.2 Å². The Morgan fingerprint density at radius 2 is 1.55 bits per heavy atom. The van der Waals surface area contributed by atoms with Gasteiger partial charge in [-0.25, -0.2) is 0 Å². The normalized spacial score (nSPS) is 15.8. The molecule has 1 rings (SSSR count). The Balaban J connectivity index is 2.77. The highest BCUT2D eigenvalue weighted by molar-refractivity contribution is 7.87. The summed E-state index contributed by atoms with van der Waals surface area (Å²) in [5, 5.41) is -2.47. The second-order valence-corrected chi connectivity index (χ2v) is 8.25. The van der Waals surface area contributed by atoms with Crippen LogP contribution in [-0.2, 0) is 26.7 Å². The molecule has 0 aliphatic heterocycles. The van der Waals surface area contributed by atoms with E-state index in [4.69, 9.17) is 9.11 Å². The molecule has 0 saturated heterocycles. The van der Waals surface area contributed by atoms with Crippen LogP contribution >= 0.6 is 0 Å². The number of hydrogen-bond acceptors (Lipinski definition) is 4. The van der Waals surface area contributed by atoms with Crippen molar-refractivity contribution in [3.8, 4) is 0 Å². The third kappa shape index (κ3) is 5.58.